The molecule has 0 aliphatic heterocycles. The van der Waals surface area contributed by atoms with Crippen molar-refractivity contribution in [3.05, 3.63) is 101 Å². The second-order valence-corrected chi connectivity index (χ2v) is 7.49. The van der Waals surface area contributed by atoms with Gasteiger partial charge in [0.25, 0.3) is 0 Å². The van der Waals surface area contributed by atoms with Crippen LogP contribution in [0.1, 0.15) is 22.4 Å². The number of nitrogens with zero attached hydrogens (tertiary/aromatic N) is 2. The second kappa shape index (κ2) is 12.3. The number of carbonyl (C=O) groups is 1. The summed E-state index contributed by atoms with van der Waals surface area (Å²) >= 11 is 0. The van der Waals surface area contributed by atoms with Crippen molar-refractivity contribution in [2.45, 2.75) is 18.8 Å². The van der Waals surface area contributed by atoms with Crippen LogP contribution in [0.5, 0.6) is 0 Å². The third-order valence-electron chi connectivity index (χ3n) is 4.98. The summed E-state index contributed by atoms with van der Waals surface area (Å²) in [6.45, 7) is 0.0541. The molecule has 0 fully saturated rings. The van der Waals surface area contributed by atoms with E-state index in [-0.39, 0.29) is 24.3 Å². The van der Waals surface area contributed by atoms with Crippen LogP contribution in [0.2, 0.25) is 0 Å². The number of carbonyl (C=O) groups excluding carboxylic acids is 1. The van der Waals surface area contributed by atoms with Crippen LogP contribution in [0.15, 0.2) is 72.9 Å². The van der Waals surface area contributed by atoms with Crippen LogP contribution >= 0.6 is 0 Å². The van der Waals surface area contributed by atoms with Crippen molar-refractivity contribution < 1.29 is 24.0 Å². The van der Waals surface area contributed by atoms with Crippen molar-refractivity contribution in [3.8, 4) is 6.07 Å². The van der Waals surface area contributed by atoms with Crippen molar-refractivity contribution in [1.29, 1.82) is 5.26 Å². The molecule has 1 heterocycles. The lowest BCUT2D eigenvalue weighted by atomic mass is 9.76. The molecule has 0 saturated carbocycles. The standard InChI is InChI=1S/C25H23BFN3O4/c27-22-10-5-12-29-24(22)21(17-28)15-20-9-4-8-19(14-20)11-13-34-25(31)30-23(26(32)33)16-18-6-2-1-3-7-18/h1-10,12,14-15,23,32-33H,11,13,16H2,(H,30,31)/t23-/m0/s1. The average molecular weight is 459 g/mol. The number of nitriles is 1. The molecule has 1 aromatic heterocycles. The first kappa shape index (κ1) is 24.6. The van der Waals surface area contributed by atoms with Gasteiger partial charge in [-0.2, -0.15) is 5.26 Å². The zero-order chi connectivity index (χ0) is 24.3. The fraction of sp³-hybridized carbons (Fsp3) is 0.160. The Morgan fingerprint density at radius 1 is 1.15 bits per heavy atom. The number of alkyl carbamates (subject to hydrolysis) is 1. The Morgan fingerprint density at radius 2 is 1.91 bits per heavy atom. The number of aromatic nitrogens is 1. The van der Waals surface area contributed by atoms with Gasteiger partial charge in [-0.15, -0.1) is 0 Å². The number of allylic oxidation sites excluding steroid dienone is 1. The van der Waals surface area contributed by atoms with Crippen LogP contribution in [-0.4, -0.2) is 40.8 Å². The number of hydrogen-bond acceptors (Lipinski definition) is 6. The predicted molar refractivity (Wildman–Crippen MR) is 126 cm³/mol. The van der Waals surface area contributed by atoms with Gasteiger partial charge in [-0.25, -0.2) is 9.18 Å². The third-order valence-corrected chi connectivity index (χ3v) is 4.98. The summed E-state index contributed by atoms with van der Waals surface area (Å²) in [5.41, 5.74) is 2.43. The topological polar surface area (TPSA) is 115 Å². The van der Waals surface area contributed by atoms with Gasteiger partial charge in [0.1, 0.15) is 17.6 Å². The molecule has 3 aromatic rings. The van der Waals surface area contributed by atoms with E-state index < -0.39 is 25.0 Å². The van der Waals surface area contributed by atoms with E-state index in [1.54, 1.807) is 24.3 Å². The average Bonchev–Trinajstić information content (AvgIpc) is 2.83. The molecule has 0 unspecified atom stereocenters. The van der Waals surface area contributed by atoms with Crippen LogP contribution in [-0.2, 0) is 17.6 Å². The fourth-order valence-electron chi connectivity index (χ4n) is 3.30. The molecule has 0 aliphatic carbocycles. The first-order valence-electron chi connectivity index (χ1n) is 10.6. The number of rotatable bonds is 9. The molecule has 0 bridgehead atoms. The largest absolute Gasteiger partial charge is 0.475 e. The van der Waals surface area contributed by atoms with Gasteiger partial charge in [0.2, 0.25) is 0 Å². The number of benzene rings is 2. The maximum Gasteiger partial charge on any atom is 0.475 e. The molecule has 2 aromatic carbocycles. The van der Waals surface area contributed by atoms with Gasteiger partial charge >= 0.3 is 13.2 Å². The molecule has 3 N–H and O–H groups in total. The lowest BCUT2D eigenvalue weighted by molar-refractivity contribution is 0.144. The van der Waals surface area contributed by atoms with Gasteiger partial charge in [-0.3, -0.25) is 4.98 Å². The Kier molecular flexibility index (Phi) is 8.92. The van der Waals surface area contributed by atoms with Gasteiger partial charge in [-0.05, 0) is 41.3 Å². The maximum absolute atomic E-state index is 14.0. The minimum atomic E-state index is -1.74. The minimum Gasteiger partial charge on any atom is -0.449 e. The van der Waals surface area contributed by atoms with Gasteiger partial charge in [-0.1, -0.05) is 54.6 Å². The summed E-state index contributed by atoms with van der Waals surface area (Å²) in [4.78, 5) is 16.1. The summed E-state index contributed by atoms with van der Waals surface area (Å²) in [5.74, 6) is -1.50. The number of halogens is 1. The SMILES string of the molecule is N#CC(=Cc1cccc(CCOC(=O)N[C@@H](Cc2ccccc2)B(O)O)c1)c1ncccc1F. The highest BCUT2D eigenvalue weighted by Gasteiger charge is 2.26. The van der Waals surface area contributed by atoms with E-state index in [0.717, 1.165) is 11.1 Å². The highest BCUT2D eigenvalue weighted by molar-refractivity contribution is 6.43. The molecule has 7 nitrogen and oxygen atoms in total. The monoisotopic (exact) mass is 459 g/mol. The smallest absolute Gasteiger partial charge is 0.449 e. The highest BCUT2D eigenvalue weighted by Crippen LogP contribution is 2.19. The normalized spacial score (nSPS) is 11.9. The summed E-state index contributed by atoms with van der Waals surface area (Å²) in [6.07, 6.45) is 2.82. The lowest BCUT2D eigenvalue weighted by Gasteiger charge is -2.17. The third kappa shape index (κ3) is 7.27. The van der Waals surface area contributed by atoms with Crippen molar-refractivity contribution >= 4 is 24.9 Å². The summed E-state index contributed by atoms with van der Waals surface area (Å²) in [5, 5.41) is 31.0. The van der Waals surface area contributed by atoms with Crippen LogP contribution in [0.4, 0.5) is 9.18 Å². The first-order chi connectivity index (χ1) is 16.5. The quantitative estimate of drug-likeness (QED) is 0.335. The molecule has 1 atom stereocenters. The number of nitrogens with one attached hydrogen (secondary N) is 1. The molecule has 0 spiro atoms. The van der Waals surface area contributed by atoms with Crippen LogP contribution in [0, 0.1) is 17.1 Å². The summed E-state index contributed by atoms with van der Waals surface area (Å²) in [6, 6.07) is 21.0. The zero-order valence-electron chi connectivity index (χ0n) is 18.3. The first-order valence-corrected chi connectivity index (χ1v) is 10.6. The molecule has 0 radical (unpaired) electrons. The lowest BCUT2D eigenvalue weighted by Crippen LogP contribution is -2.48. The van der Waals surface area contributed by atoms with Crippen LogP contribution < -0.4 is 5.32 Å². The van der Waals surface area contributed by atoms with E-state index in [9.17, 15) is 24.5 Å². The van der Waals surface area contributed by atoms with Gasteiger partial charge < -0.3 is 20.1 Å². The van der Waals surface area contributed by atoms with Crippen LogP contribution in [0.3, 0.4) is 0 Å². The second-order valence-electron chi connectivity index (χ2n) is 7.49. The van der Waals surface area contributed by atoms with E-state index in [2.05, 4.69) is 10.3 Å². The number of pyridine rings is 1. The predicted octanol–water partition coefficient (Wildman–Crippen LogP) is 3.18. The molecule has 0 saturated heterocycles. The van der Waals surface area contributed by atoms with Crippen molar-refractivity contribution in [2.75, 3.05) is 6.61 Å². The number of amides is 1. The molecule has 0 aliphatic rings. The Labute approximate surface area is 197 Å². The Morgan fingerprint density at radius 3 is 2.62 bits per heavy atom. The summed E-state index contributed by atoms with van der Waals surface area (Å²) < 4.78 is 19.2. The van der Waals surface area contributed by atoms with Crippen molar-refractivity contribution in [1.82, 2.24) is 10.3 Å². The number of hydrogen-bond donors (Lipinski definition) is 3. The van der Waals surface area contributed by atoms with Crippen LogP contribution in [0.25, 0.3) is 11.6 Å². The Bertz CT molecular complexity index is 1180. The van der Waals surface area contributed by atoms with E-state index in [1.165, 1.54) is 18.3 Å². The van der Waals surface area contributed by atoms with Gasteiger partial charge in [0, 0.05) is 12.6 Å². The zero-order valence-corrected chi connectivity index (χ0v) is 18.3. The Balaban J connectivity index is 1.57. The molecule has 3 rings (SSSR count). The van der Waals surface area contributed by atoms with Crippen molar-refractivity contribution in [3.63, 3.8) is 0 Å². The van der Waals surface area contributed by atoms with Gasteiger partial charge in [0.05, 0.1) is 18.1 Å². The van der Waals surface area contributed by atoms with E-state index in [4.69, 9.17) is 4.74 Å². The molecule has 1 amide bonds. The minimum absolute atomic E-state index is 0.0217. The van der Waals surface area contributed by atoms with E-state index >= 15 is 0 Å². The highest BCUT2D eigenvalue weighted by atomic mass is 19.1. The van der Waals surface area contributed by atoms with E-state index in [0.29, 0.717) is 12.0 Å². The maximum atomic E-state index is 14.0. The molecule has 172 valence electrons. The summed E-state index contributed by atoms with van der Waals surface area (Å²) in [7, 11) is -1.74. The van der Waals surface area contributed by atoms with E-state index in [1.807, 2.05) is 42.5 Å². The molecular formula is C25H23BFN3O4. The van der Waals surface area contributed by atoms with Crippen molar-refractivity contribution in [2.24, 2.45) is 0 Å². The molecule has 34 heavy (non-hydrogen) atoms. The fourth-order valence-corrected chi connectivity index (χ4v) is 3.30. The Hall–Kier alpha value is -4.00. The van der Waals surface area contributed by atoms with Gasteiger partial charge in [0.15, 0.2) is 0 Å². The molecule has 9 heteroatoms. The number of ether oxygens (including phenoxy) is 1. The molecular weight excluding hydrogens is 436 g/mol.